The second-order valence-electron chi connectivity index (χ2n) is 3.94. The lowest BCUT2D eigenvalue weighted by atomic mass is 10.0. The molecule has 2 aromatic carbocycles. The monoisotopic (exact) mass is 247 g/mol. The van der Waals surface area contributed by atoms with Crippen LogP contribution in [-0.2, 0) is 10.0 Å². The van der Waals surface area contributed by atoms with Crippen LogP contribution in [0.25, 0.3) is 11.1 Å². The Balaban J connectivity index is 2.43. The van der Waals surface area contributed by atoms with Gasteiger partial charge in [-0.15, -0.1) is 0 Å². The van der Waals surface area contributed by atoms with Crippen molar-refractivity contribution < 1.29 is 8.42 Å². The third-order valence-electron chi connectivity index (χ3n) is 2.53. The summed E-state index contributed by atoms with van der Waals surface area (Å²) < 4.78 is 22.2. The summed E-state index contributed by atoms with van der Waals surface area (Å²) in [6, 6.07) is 14.6. The van der Waals surface area contributed by atoms with Crippen molar-refractivity contribution in [1.82, 2.24) is 0 Å². The molecule has 2 rings (SSSR count). The summed E-state index contributed by atoms with van der Waals surface area (Å²) in [5.41, 5.74) is 3.20. The van der Waals surface area contributed by atoms with E-state index in [1.807, 2.05) is 31.2 Å². The molecule has 17 heavy (non-hydrogen) atoms. The van der Waals surface area contributed by atoms with E-state index in [9.17, 15) is 8.42 Å². The summed E-state index contributed by atoms with van der Waals surface area (Å²) in [6.45, 7) is 2.02. The van der Waals surface area contributed by atoms with Crippen LogP contribution < -0.4 is 5.14 Å². The first-order valence-corrected chi connectivity index (χ1v) is 6.71. The van der Waals surface area contributed by atoms with Crippen molar-refractivity contribution in [2.75, 3.05) is 0 Å². The van der Waals surface area contributed by atoms with E-state index in [0.29, 0.717) is 0 Å². The molecular formula is C13H13NO2S. The number of sulfonamides is 1. The highest BCUT2D eigenvalue weighted by molar-refractivity contribution is 7.89. The first-order chi connectivity index (χ1) is 7.97. The average molecular weight is 247 g/mol. The molecule has 3 nitrogen and oxygen atoms in total. The van der Waals surface area contributed by atoms with E-state index >= 15 is 0 Å². The molecule has 0 unspecified atom stereocenters. The highest BCUT2D eigenvalue weighted by atomic mass is 32.2. The number of aryl methyl sites for hydroxylation is 1. The van der Waals surface area contributed by atoms with Gasteiger partial charge in [-0.1, -0.05) is 42.0 Å². The van der Waals surface area contributed by atoms with Crippen molar-refractivity contribution in [3.63, 3.8) is 0 Å². The van der Waals surface area contributed by atoms with Crippen molar-refractivity contribution in [3.05, 3.63) is 54.1 Å². The molecule has 0 radical (unpaired) electrons. The summed E-state index contributed by atoms with van der Waals surface area (Å²) in [5.74, 6) is 0. The Morgan fingerprint density at radius 1 is 0.941 bits per heavy atom. The highest BCUT2D eigenvalue weighted by Crippen LogP contribution is 2.21. The van der Waals surface area contributed by atoms with Crippen LogP contribution in [0, 0.1) is 6.92 Å². The third kappa shape index (κ3) is 2.72. The molecule has 0 aliphatic carbocycles. The topological polar surface area (TPSA) is 60.2 Å². The van der Waals surface area contributed by atoms with Gasteiger partial charge >= 0.3 is 0 Å². The van der Waals surface area contributed by atoms with Crippen LogP contribution in [0.2, 0.25) is 0 Å². The molecule has 0 saturated carbocycles. The SMILES string of the molecule is Cc1cccc(-c2ccc(S(N)(=O)=O)cc2)c1. The molecule has 88 valence electrons. The fraction of sp³-hybridized carbons (Fsp3) is 0.0769. The molecule has 0 fully saturated rings. The van der Waals surface area contributed by atoms with Gasteiger partial charge in [-0.05, 0) is 30.2 Å². The molecule has 0 aromatic heterocycles. The Morgan fingerprint density at radius 2 is 1.59 bits per heavy atom. The molecule has 2 aromatic rings. The van der Waals surface area contributed by atoms with E-state index in [1.54, 1.807) is 12.1 Å². The van der Waals surface area contributed by atoms with E-state index in [1.165, 1.54) is 12.1 Å². The van der Waals surface area contributed by atoms with E-state index in [-0.39, 0.29) is 4.90 Å². The van der Waals surface area contributed by atoms with Gasteiger partial charge in [0.2, 0.25) is 10.0 Å². The summed E-state index contributed by atoms with van der Waals surface area (Å²) in [5, 5.41) is 5.04. The largest absolute Gasteiger partial charge is 0.238 e. The molecular weight excluding hydrogens is 234 g/mol. The average Bonchev–Trinajstić information content (AvgIpc) is 2.28. The standard InChI is InChI=1S/C13H13NO2S/c1-10-3-2-4-12(9-10)11-5-7-13(8-6-11)17(14,15)16/h2-9H,1H3,(H2,14,15,16). The molecule has 0 amide bonds. The number of nitrogens with two attached hydrogens (primary N) is 1. The first-order valence-electron chi connectivity index (χ1n) is 5.17. The van der Waals surface area contributed by atoms with Gasteiger partial charge in [0.1, 0.15) is 0 Å². The minimum absolute atomic E-state index is 0.133. The summed E-state index contributed by atoms with van der Waals surface area (Å²) in [4.78, 5) is 0.133. The van der Waals surface area contributed by atoms with Crippen LogP contribution in [0.3, 0.4) is 0 Å². The minimum Gasteiger partial charge on any atom is -0.225 e. The maximum absolute atomic E-state index is 11.1. The third-order valence-corrected chi connectivity index (χ3v) is 3.46. The fourth-order valence-electron chi connectivity index (χ4n) is 1.66. The van der Waals surface area contributed by atoms with Crippen molar-refractivity contribution in [1.29, 1.82) is 0 Å². The van der Waals surface area contributed by atoms with Gasteiger partial charge in [-0.25, -0.2) is 13.6 Å². The molecule has 0 spiro atoms. The zero-order valence-electron chi connectivity index (χ0n) is 9.42. The summed E-state index contributed by atoms with van der Waals surface area (Å²) >= 11 is 0. The summed E-state index contributed by atoms with van der Waals surface area (Å²) in [6.07, 6.45) is 0. The Labute approximate surface area is 101 Å². The second kappa shape index (κ2) is 4.31. The maximum atomic E-state index is 11.1. The van der Waals surface area contributed by atoms with Gasteiger partial charge in [0, 0.05) is 0 Å². The molecule has 2 N–H and O–H groups in total. The molecule has 0 aliphatic heterocycles. The van der Waals surface area contributed by atoms with Crippen molar-refractivity contribution in [3.8, 4) is 11.1 Å². The van der Waals surface area contributed by atoms with Gasteiger partial charge in [0.25, 0.3) is 0 Å². The minimum atomic E-state index is -3.61. The maximum Gasteiger partial charge on any atom is 0.238 e. The zero-order chi connectivity index (χ0) is 12.5. The Bertz CT molecular complexity index is 631. The van der Waals surface area contributed by atoms with E-state index in [4.69, 9.17) is 5.14 Å². The zero-order valence-corrected chi connectivity index (χ0v) is 10.2. The Morgan fingerprint density at radius 3 is 2.12 bits per heavy atom. The van der Waals surface area contributed by atoms with Gasteiger partial charge in [-0.3, -0.25) is 0 Å². The Hall–Kier alpha value is -1.65. The number of hydrogen-bond donors (Lipinski definition) is 1. The predicted octanol–water partition coefficient (Wildman–Crippen LogP) is 2.31. The lowest BCUT2D eigenvalue weighted by molar-refractivity contribution is 0.598. The van der Waals surface area contributed by atoms with E-state index in [0.717, 1.165) is 16.7 Å². The smallest absolute Gasteiger partial charge is 0.225 e. The summed E-state index contributed by atoms with van der Waals surface area (Å²) in [7, 11) is -3.61. The number of primary sulfonamides is 1. The van der Waals surface area contributed by atoms with Crippen LogP contribution in [0.5, 0.6) is 0 Å². The van der Waals surface area contributed by atoms with Crippen LogP contribution in [0.15, 0.2) is 53.4 Å². The molecule has 0 bridgehead atoms. The van der Waals surface area contributed by atoms with Crippen LogP contribution in [-0.4, -0.2) is 8.42 Å². The van der Waals surface area contributed by atoms with Crippen molar-refractivity contribution in [2.24, 2.45) is 5.14 Å². The lowest BCUT2D eigenvalue weighted by Crippen LogP contribution is -2.11. The molecule has 0 aliphatic rings. The molecule has 0 atom stereocenters. The number of rotatable bonds is 2. The number of benzene rings is 2. The van der Waals surface area contributed by atoms with Crippen molar-refractivity contribution in [2.45, 2.75) is 11.8 Å². The fourth-order valence-corrected chi connectivity index (χ4v) is 2.18. The van der Waals surface area contributed by atoms with Crippen LogP contribution in [0.4, 0.5) is 0 Å². The first kappa shape index (κ1) is 11.8. The van der Waals surface area contributed by atoms with Crippen LogP contribution >= 0.6 is 0 Å². The van der Waals surface area contributed by atoms with Crippen molar-refractivity contribution >= 4 is 10.0 Å². The normalized spacial score (nSPS) is 11.4. The van der Waals surface area contributed by atoms with Gasteiger partial charge < -0.3 is 0 Å². The lowest BCUT2D eigenvalue weighted by Gasteiger charge is -2.04. The van der Waals surface area contributed by atoms with Gasteiger partial charge in [0.05, 0.1) is 4.90 Å². The molecule has 0 heterocycles. The number of hydrogen-bond acceptors (Lipinski definition) is 2. The molecule has 4 heteroatoms. The molecule has 0 saturated heterocycles. The van der Waals surface area contributed by atoms with E-state index in [2.05, 4.69) is 0 Å². The Kier molecular flexibility index (Phi) is 3.00. The predicted molar refractivity (Wildman–Crippen MR) is 68.0 cm³/mol. The van der Waals surface area contributed by atoms with E-state index < -0.39 is 10.0 Å². The quantitative estimate of drug-likeness (QED) is 0.885. The van der Waals surface area contributed by atoms with Crippen LogP contribution in [0.1, 0.15) is 5.56 Å². The second-order valence-corrected chi connectivity index (χ2v) is 5.50. The highest BCUT2D eigenvalue weighted by Gasteiger charge is 2.07. The van der Waals surface area contributed by atoms with Gasteiger partial charge in [0.15, 0.2) is 0 Å². The van der Waals surface area contributed by atoms with Gasteiger partial charge in [-0.2, -0.15) is 0 Å².